The summed E-state index contributed by atoms with van der Waals surface area (Å²) in [6.45, 7) is 2.50. The minimum atomic E-state index is -0.251. The average molecular weight is 309 g/mol. The second-order valence-electron chi connectivity index (χ2n) is 7.39. The molecule has 0 bridgehead atoms. The molecule has 1 aromatic carbocycles. The Bertz CT molecular complexity index is 832. The molecule has 0 radical (unpaired) electrons. The van der Waals surface area contributed by atoms with E-state index in [0.717, 1.165) is 11.8 Å². The fourth-order valence-corrected chi connectivity index (χ4v) is 6.99. The molecule has 5 unspecified atom stereocenters. The number of hydrogen-bond acceptors (Lipinski definition) is 5. The summed E-state index contributed by atoms with van der Waals surface area (Å²) in [5.41, 5.74) is 3.43. The smallest absolute Gasteiger partial charge is 0.197 e. The van der Waals surface area contributed by atoms with Crippen molar-refractivity contribution in [3.63, 3.8) is 0 Å². The number of hydrogen-bond donors (Lipinski definition) is 1. The lowest BCUT2D eigenvalue weighted by Gasteiger charge is -2.90. The Hall–Kier alpha value is -1.43. The van der Waals surface area contributed by atoms with E-state index in [1.165, 1.54) is 34.5 Å². The number of piperidine rings is 3. The quantitative estimate of drug-likeness (QED) is 0.877. The Morgan fingerprint density at radius 3 is 3.05 bits per heavy atom. The lowest BCUT2D eigenvalue weighted by molar-refractivity contribution is -0.453. The van der Waals surface area contributed by atoms with Crippen LogP contribution in [0.1, 0.15) is 11.3 Å². The summed E-state index contributed by atoms with van der Waals surface area (Å²) in [6, 6.07) is 10.7. The van der Waals surface area contributed by atoms with Crippen molar-refractivity contribution in [2.75, 3.05) is 13.1 Å². The lowest BCUT2D eigenvalue weighted by Crippen LogP contribution is -3.01. The summed E-state index contributed by atoms with van der Waals surface area (Å²) >= 11 is 1.79. The maximum atomic E-state index is 6.10. The summed E-state index contributed by atoms with van der Waals surface area (Å²) < 4.78 is 1.31. The standard InChI is InChI=1S/C17H15N3OS/c1-2-4-11-9(3-1)5-12(22-11)15-18-17(21-19-15)13-6-10-7-20-8-14(17)16(10,13)20/h1-5,10,13-14H,6-8H2,(H,18,19). The first-order valence-corrected chi connectivity index (χ1v) is 8.92. The molecule has 1 aromatic heterocycles. The van der Waals surface area contributed by atoms with Gasteiger partial charge in [-0.3, -0.25) is 4.90 Å². The molecule has 5 aliphatic rings. The first-order valence-electron chi connectivity index (χ1n) is 8.10. The van der Waals surface area contributed by atoms with Crippen molar-refractivity contribution in [2.45, 2.75) is 17.7 Å². The van der Waals surface area contributed by atoms with Gasteiger partial charge in [-0.2, -0.15) is 0 Å². The fraction of sp³-hybridized carbons (Fsp3) is 0.471. The first-order chi connectivity index (χ1) is 10.8. The highest BCUT2D eigenvalue weighted by Crippen LogP contribution is 2.80. The third kappa shape index (κ3) is 0.883. The minimum Gasteiger partial charge on any atom is -0.295 e. The predicted octanol–water partition coefficient (Wildman–Crippen LogP) is 2.21. The molecule has 4 fully saturated rings. The van der Waals surface area contributed by atoms with Crippen molar-refractivity contribution in [3.8, 4) is 0 Å². The SMILES string of the molecule is c1ccc2sc(C3=NC4(ON3)C3CC5CN6CC4C536)cc2c1. The number of aliphatic imine (C=N–C) groups is 1. The number of nitrogens with zero attached hydrogens (tertiary/aromatic N) is 2. The van der Waals surface area contributed by atoms with Gasteiger partial charge in [0.15, 0.2) is 11.6 Å². The topological polar surface area (TPSA) is 36.9 Å². The second-order valence-corrected chi connectivity index (χ2v) is 8.48. The largest absolute Gasteiger partial charge is 0.295 e. The minimum absolute atomic E-state index is 0.251. The number of rotatable bonds is 1. The van der Waals surface area contributed by atoms with Gasteiger partial charge in [0.2, 0.25) is 0 Å². The van der Waals surface area contributed by atoms with E-state index in [1.54, 1.807) is 11.3 Å². The van der Waals surface area contributed by atoms with Gasteiger partial charge in [-0.1, -0.05) is 18.2 Å². The van der Waals surface area contributed by atoms with Crippen LogP contribution in [0.15, 0.2) is 35.3 Å². The van der Waals surface area contributed by atoms with E-state index in [-0.39, 0.29) is 5.72 Å². The average Bonchev–Trinajstić information content (AvgIpc) is 3.08. The van der Waals surface area contributed by atoms with E-state index in [0.29, 0.717) is 17.4 Å². The zero-order chi connectivity index (χ0) is 14.1. The first kappa shape index (κ1) is 11.2. The van der Waals surface area contributed by atoms with Crippen LogP contribution in [-0.2, 0) is 4.84 Å². The predicted molar refractivity (Wildman–Crippen MR) is 84.7 cm³/mol. The van der Waals surface area contributed by atoms with E-state index >= 15 is 0 Å². The molecule has 1 N–H and O–H groups in total. The molecule has 0 amide bonds. The summed E-state index contributed by atoms with van der Waals surface area (Å²) in [4.78, 5) is 15.0. The molecule has 5 atom stereocenters. The molecule has 2 aliphatic carbocycles. The summed E-state index contributed by atoms with van der Waals surface area (Å²) in [7, 11) is 0. The van der Waals surface area contributed by atoms with Crippen molar-refractivity contribution in [1.82, 2.24) is 10.4 Å². The van der Waals surface area contributed by atoms with E-state index in [1.807, 2.05) is 0 Å². The molecule has 2 aromatic rings. The molecule has 110 valence electrons. The number of fused-ring (bicyclic) bond motifs is 3. The zero-order valence-electron chi connectivity index (χ0n) is 12.0. The van der Waals surface area contributed by atoms with Crippen LogP contribution in [0.3, 0.4) is 0 Å². The van der Waals surface area contributed by atoms with Gasteiger partial charge in [-0.15, -0.1) is 11.3 Å². The van der Waals surface area contributed by atoms with E-state index < -0.39 is 0 Å². The Kier molecular flexibility index (Phi) is 1.58. The Morgan fingerprint density at radius 1 is 1.27 bits per heavy atom. The maximum absolute atomic E-state index is 6.10. The number of benzene rings is 1. The molecular weight excluding hydrogens is 294 g/mol. The van der Waals surface area contributed by atoms with Crippen LogP contribution < -0.4 is 5.48 Å². The van der Waals surface area contributed by atoms with E-state index in [9.17, 15) is 0 Å². The number of thiophene rings is 1. The van der Waals surface area contributed by atoms with Crippen LogP contribution in [-0.4, -0.2) is 35.1 Å². The number of amidine groups is 1. The zero-order valence-corrected chi connectivity index (χ0v) is 12.8. The number of nitrogens with one attached hydrogen (secondary N) is 1. The molecular formula is C17H15N3OS. The van der Waals surface area contributed by atoms with Gasteiger partial charge in [0, 0.05) is 35.2 Å². The fourth-order valence-electron chi connectivity index (χ4n) is 5.99. The molecule has 4 heterocycles. The van der Waals surface area contributed by atoms with Crippen LogP contribution in [0.5, 0.6) is 0 Å². The van der Waals surface area contributed by atoms with Crippen molar-refractivity contribution in [2.24, 2.45) is 22.7 Å². The number of hydroxylamine groups is 1. The molecule has 5 heteroatoms. The summed E-state index contributed by atoms with van der Waals surface area (Å²) in [5, 5.41) is 1.29. The Labute approximate surface area is 131 Å². The van der Waals surface area contributed by atoms with Gasteiger partial charge in [-0.25, -0.2) is 15.3 Å². The van der Waals surface area contributed by atoms with Crippen molar-refractivity contribution < 1.29 is 4.84 Å². The monoisotopic (exact) mass is 309 g/mol. The third-order valence-corrected chi connectivity index (χ3v) is 8.06. The molecule has 4 nitrogen and oxygen atoms in total. The van der Waals surface area contributed by atoms with Gasteiger partial charge in [0.05, 0.1) is 4.88 Å². The highest BCUT2D eigenvalue weighted by molar-refractivity contribution is 7.20. The summed E-state index contributed by atoms with van der Waals surface area (Å²) in [5.74, 6) is 3.13. The van der Waals surface area contributed by atoms with Crippen molar-refractivity contribution in [3.05, 3.63) is 35.2 Å². The molecule has 2 saturated heterocycles. The normalized spacial score (nSPS) is 46.7. The molecule has 2 saturated carbocycles. The van der Waals surface area contributed by atoms with Gasteiger partial charge in [-0.05, 0) is 29.9 Å². The molecule has 2 spiro atoms. The van der Waals surface area contributed by atoms with Gasteiger partial charge < -0.3 is 0 Å². The second kappa shape index (κ2) is 3.11. The highest BCUT2D eigenvalue weighted by Gasteiger charge is 2.91. The van der Waals surface area contributed by atoms with Crippen LogP contribution >= 0.6 is 11.3 Å². The molecule has 22 heavy (non-hydrogen) atoms. The Balaban J connectivity index is 1.31. The lowest BCUT2D eigenvalue weighted by atomic mass is 9.29. The third-order valence-electron chi connectivity index (χ3n) is 6.94. The van der Waals surface area contributed by atoms with Gasteiger partial charge in [0.25, 0.3) is 0 Å². The van der Waals surface area contributed by atoms with Gasteiger partial charge in [0.1, 0.15) is 0 Å². The molecule has 3 aliphatic heterocycles. The van der Waals surface area contributed by atoms with Gasteiger partial charge >= 0.3 is 0 Å². The summed E-state index contributed by atoms with van der Waals surface area (Å²) in [6.07, 6.45) is 1.30. The van der Waals surface area contributed by atoms with Crippen LogP contribution in [0.2, 0.25) is 0 Å². The van der Waals surface area contributed by atoms with Crippen LogP contribution in [0.4, 0.5) is 0 Å². The Morgan fingerprint density at radius 2 is 2.23 bits per heavy atom. The molecule has 7 rings (SSSR count). The van der Waals surface area contributed by atoms with E-state index in [4.69, 9.17) is 9.83 Å². The maximum Gasteiger partial charge on any atom is 0.197 e. The van der Waals surface area contributed by atoms with E-state index in [2.05, 4.69) is 40.7 Å². The van der Waals surface area contributed by atoms with Crippen LogP contribution in [0.25, 0.3) is 10.1 Å². The van der Waals surface area contributed by atoms with Crippen molar-refractivity contribution in [1.29, 1.82) is 0 Å². The van der Waals surface area contributed by atoms with Crippen LogP contribution in [0, 0.1) is 17.8 Å². The van der Waals surface area contributed by atoms with Crippen molar-refractivity contribution >= 4 is 27.3 Å². The highest BCUT2D eigenvalue weighted by atomic mass is 32.1.